The normalized spacial score (nSPS) is 17.4. The van der Waals surface area contributed by atoms with Crippen molar-refractivity contribution in [1.82, 2.24) is 19.6 Å². The zero-order valence-electron chi connectivity index (χ0n) is 25.4. The molecule has 2 aromatic rings. The Morgan fingerprint density at radius 2 is 1.71 bits per heavy atom. The number of urea groups is 1. The molecule has 0 saturated carbocycles. The van der Waals surface area contributed by atoms with Crippen molar-refractivity contribution in [3.63, 3.8) is 0 Å². The highest BCUT2D eigenvalue weighted by atomic mass is 35.5. The van der Waals surface area contributed by atoms with Crippen LogP contribution in [0.2, 0.25) is 20.1 Å². The molecule has 0 aliphatic carbocycles. The molecule has 2 fully saturated rings. The zero-order chi connectivity index (χ0) is 32.7. The predicted octanol–water partition coefficient (Wildman–Crippen LogP) is 5.63. The topological polar surface area (TPSA) is 112 Å². The van der Waals surface area contributed by atoms with E-state index in [1.807, 2.05) is 17.0 Å². The minimum absolute atomic E-state index is 0.0523. The molecule has 2 heterocycles. The van der Waals surface area contributed by atoms with Gasteiger partial charge < -0.3 is 30.2 Å². The second kappa shape index (κ2) is 16.2. The Balaban J connectivity index is 1.45. The average molecular weight is 700 g/mol. The van der Waals surface area contributed by atoms with Gasteiger partial charge in [0.25, 0.3) is 5.91 Å². The summed E-state index contributed by atoms with van der Waals surface area (Å²) in [7, 11) is 3.16. The third kappa shape index (κ3) is 9.39. The summed E-state index contributed by atoms with van der Waals surface area (Å²) in [5.41, 5.74) is 7.25. The lowest BCUT2D eigenvalue weighted by molar-refractivity contribution is -0.119. The fourth-order valence-corrected chi connectivity index (χ4v) is 6.86. The summed E-state index contributed by atoms with van der Waals surface area (Å²) in [5.74, 6) is -1.00. The molecule has 0 radical (unpaired) electrons. The van der Waals surface area contributed by atoms with Gasteiger partial charge in [0, 0.05) is 60.8 Å². The van der Waals surface area contributed by atoms with E-state index in [-0.39, 0.29) is 37.0 Å². The van der Waals surface area contributed by atoms with Gasteiger partial charge in [-0.2, -0.15) is 0 Å². The number of oxime groups is 1. The smallest absolute Gasteiger partial charge is 0.320 e. The Kier molecular flexibility index (Phi) is 12.6. The first kappa shape index (κ1) is 35.1. The van der Waals surface area contributed by atoms with E-state index in [4.69, 9.17) is 57.0 Å². The summed E-state index contributed by atoms with van der Waals surface area (Å²) < 4.78 is 0. The van der Waals surface area contributed by atoms with Crippen molar-refractivity contribution in [2.45, 2.75) is 37.6 Å². The van der Waals surface area contributed by atoms with E-state index in [1.54, 1.807) is 41.1 Å². The van der Waals surface area contributed by atoms with Crippen LogP contribution in [0.15, 0.2) is 41.6 Å². The van der Waals surface area contributed by atoms with Crippen molar-refractivity contribution in [3.05, 3.63) is 67.6 Å². The number of rotatable bonds is 12. The lowest BCUT2D eigenvalue weighted by Crippen LogP contribution is -2.57. The molecule has 2 aliphatic heterocycles. The first-order valence-corrected chi connectivity index (χ1v) is 16.3. The molecule has 14 heteroatoms. The molecular weight excluding hydrogens is 662 g/mol. The van der Waals surface area contributed by atoms with Crippen LogP contribution in [0.3, 0.4) is 0 Å². The number of amides is 4. The fraction of sp³-hybridized carbons (Fsp3) is 0.484. The molecule has 10 nitrogen and oxygen atoms in total. The van der Waals surface area contributed by atoms with Crippen molar-refractivity contribution in [2.24, 2.45) is 10.9 Å². The maximum atomic E-state index is 13.3. The van der Waals surface area contributed by atoms with E-state index in [1.165, 1.54) is 7.11 Å². The maximum absolute atomic E-state index is 13.3. The number of carbonyl (C=O) groups is 3. The van der Waals surface area contributed by atoms with Gasteiger partial charge in [0.2, 0.25) is 5.91 Å². The Labute approximate surface area is 283 Å². The fourth-order valence-electron chi connectivity index (χ4n) is 6.03. The van der Waals surface area contributed by atoms with Crippen LogP contribution in [-0.2, 0) is 9.63 Å². The highest BCUT2D eigenvalue weighted by molar-refractivity contribution is 6.42. The number of benzene rings is 2. The van der Waals surface area contributed by atoms with Crippen molar-refractivity contribution >= 4 is 70.0 Å². The van der Waals surface area contributed by atoms with Crippen LogP contribution >= 0.6 is 46.4 Å². The number of hydrogen-bond donors (Lipinski definition) is 1. The van der Waals surface area contributed by atoms with E-state index < -0.39 is 5.91 Å². The molecule has 4 rings (SSSR count). The standard InChI is InChI=1S/C31H38Cl4N6O4/c1-38(30(43)21-14-22(32)17-23(33)15-21)18-28(37-45-2)25(20-4-5-26(34)27(35)16-20)8-13-39-11-6-24(7-12-39)41-10-3-9-40(31(41)44)19-29(36)42/h4-5,14-17,24-25H,3,6-13,18-19H2,1-2H3,(H2,36,42)/b37-28+. The number of primary amides is 1. The summed E-state index contributed by atoms with van der Waals surface area (Å²) in [6, 6.07) is 10.2. The molecule has 0 bridgehead atoms. The maximum Gasteiger partial charge on any atom is 0.320 e. The van der Waals surface area contributed by atoms with Crippen LogP contribution in [0.5, 0.6) is 0 Å². The second-order valence-corrected chi connectivity index (χ2v) is 13.1. The predicted molar refractivity (Wildman–Crippen MR) is 179 cm³/mol. The molecule has 2 N–H and O–H groups in total. The molecule has 2 aliphatic rings. The first-order chi connectivity index (χ1) is 21.5. The number of likely N-dealkylation sites (tertiary alicyclic amines) is 1. The number of hydrogen-bond acceptors (Lipinski definition) is 6. The molecule has 0 aromatic heterocycles. The largest absolute Gasteiger partial charge is 0.399 e. The number of piperidine rings is 1. The molecule has 2 saturated heterocycles. The van der Waals surface area contributed by atoms with E-state index in [0.29, 0.717) is 50.9 Å². The average Bonchev–Trinajstić information content (AvgIpc) is 2.99. The van der Waals surface area contributed by atoms with Gasteiger partial charge in [-0.25, -0.2) is 4.79 Å². The Morgan fingerprint density at radius 1 is 1.02 bits per heavy atom. The van der Waals surface area contributed by atoms with Crippen LogP contribution in [0, 0.1) is 0 Å². The van der Waals surface area contributed by atoms with Gasteiger partial charge in [0.05, 0.1) is 22.3 Å². The minimum atomic E-state index is -0.502. The minimum Gasteiger partial charge on any atom is -0.399 e. The summed E-state index contributed by atoms with van der Waals surface area (Å²) in [6.07, 6.45) is 3.14. The van der Waals surface area contributed by atoms with Gasteiger partial charge in [0.15, 0.2) is 0 Å². The van der Waals surface area contributed by atoms with Crippen LogP contribution < -0.4 is 5.73 Å². The molecule has 1 atom stereocenters. The van der Waals surface area contributed by atoms with Crippen molar-refractivity contribution in [2.75, 3.05) is 60.0 Å². The van der Waals surface area contributed by atoms with Gasteiger partial charge in [-0.3, -0.25) is 9.59 Å². The van der Waals surface area contributed by atoms with Crippen LogP contribution in [-0.4, -0.2) is 109 Å². The Bertz CT molecular complexity index is 1400. The lowest BCUT2D eigenvalue weighted by atomic mass is 9.89. The number of nitrogens with zero attached hydrogens (tertiary/aromatic N) is 5. The SMILES string of the molecule is CO/N=C(\CN(C)C(=O)c1cc(Cl)cc(Cl)c1)C(CCN1CCC(N2CCCN(CC(N)=O)C2=O)CC1)c1ccc(Cl)c(Cl)c1. The quantitative estimate of drug-likeness (QED) is 0.228. The molecule has 244 valence electrons. The molecular formula is C31H38Cl4N6O4. The molecule has 1 unspecified atom stereocenters. The molecule has 45 heavy (non-hydrogen) atoms. The van der Waals surface area contributed by atoms with E-state index in [9.17, 15) is 14.4 Å². The van der Waals surface area contributed by atoms with Gasteiger partial charge >= 0.3 is 6.03 Å². The van der Waals surface area contributed by atoms with Gasteiger partial charge in [-0.05, 0) is 68.1 Å². The number of halogens is 4. The van der Waals surface area contributed by atoms with Crippen LogP contribution in [0.25, 0.3) is 0 Å². The van der Waals surface area contributed by atoms with Crippen molar-refractivity contribution in [1.29, 1.82) is 0 Å². The summed E-state index contributed by atoms with van der Waals surface area (Å²) in [6.45, 7) is 3.72. The van der Waals surface area contributed by atoms with Crippen molar-refractivity contribution < 1.29 is 19.2 Å². The van der Waals surface area contributed by atoms with Gasteiger partial charge in [-0.1, -0.05) is 57.6 Å². The van der Waals surface area contributed by atoms with Crippen LogP contribution in [0.1, 0.15) is 47.5 Å². The second-order valence-electron chi connectivity index (χ2n) is 11.4. The summed E-state index contributed by atoms with van der Waals surface area (Å²) in [4.78, 5) is 50.4. The van der Waals surface area contributed by atoms with E-state index in [2.05, 4.69) is 10.1 Å². The van der Waals surface area contributed by atoms with Crippen LogP contribution in [0.4, 0.5) is 4.79 Å². The zero-order valence-corrected chi connectivity index (χ0v) is 28.4. The van der Waals surface area contributed by atoms with Gasteiger partial charge in [-0.15, -0.1) is 0 Å². The van der Waals surface area contributed by atoms with E-state index in [0.717, 1.165) is 44.5 Å². The molecule has 2 aromatic carbocycles. The van der Waals surface area contributed by atoms with Crippen molar-refractivity contribution in [3.8, 4) is 0 Å². The Morgan fingerprint density at radius 3 is 2.33 bits per heavy atom. The highest BCUT2D eigenvalue weighted by Gasteiger charge is 2.34. The molecule has 4 amide bonds. The number of carbonyl (C=O) groups excluding carboxylic acids is 3. The highest BCUT2D eigenvalue weighted by Crippen LogP contribution is 2.31. The summed E-state index contributed by atoms with van der Waals surface area (Å²) in [5, 5.41) is 5.98. The number of nitrogens with two attached hydrogens (primary N) is 1. The monoisotopic (exact) mass is 698 g/mol. The molecule has 0 spiro atoms. The first-order valence-electron chi connectivity index (χ1n) is 14.8. The third-order valence-corrected chi connectivity index (χ3v) is 9.41. The van der Waals surface area contributed by atoms with Gasteiger partial charge in [0.1, 0.15) is 13.7 Å². The van der Waals surface area contributed by atoms with E-state index >= 15 is 0 Å². The lowest BCUT2D eigenvalue weighted by Gasteiger charge is -2.43. The third-order valence-electron chi connectivity index (χ3n) is 8.23. The Hall–Kier alpha value is -2.76. The summed E-state index contributed by atoms with van der Waals surface area (Å²) >= 11 is 25.0.